The molecule has 0 aliphatic carbocycles. The van der Waals surface area contributed by atoms with E-state index in [9.17, 15) is 13.5 Å². The molecule has 6 nitrogen and oxygen atoms in total. The minimum Gasteiger partial charge on any atom is -0.391 e. The van der Waals surface area contributed by atoms with Crippen molar-refractivity contribution in [3.8, 4) is 0 Å². The van der Waals surface area contributed by atoms with Crippen molar-refractivity contribution in [3.05, 3.63) is 0 Å². The van der Waals surface area contributed by atoms with Crippen LogP contribution in [0.3, 0.4) is 0 Å². The van der Waals surface area contributed by atoms with Crippen LogP contribution in [-0.2, 0) is 19.3 Å². The van der Waals surface area contributed by atoms with E-state index in [0.29, 0.717) is 26.2 Å². The molecule has 1 aliphatic heterocycles. The second kappa shape index (κ2) is 7.40. The van der Waals surface area contributed by atoms with Gasteiger partial charge in [-0.15, -0.1) is 0 Å². The van der Waals surface area contributed by atoms with Crippen LogP contribution in [0, 0.1) is 0 Å². The average molecular weight is 281 g/mol. The summed E-state index contributed by atoms with van der Waals surface area (Å²) < 4.78 is 34.2. The fourth-order valence-corrected chi connectivity index (χ4v) is 4.10. The molecule has 0 spiro atoms. The zero-order valence-electron chi connectivity index (χ0n) is 11.0. The lowest BCUT2D eigenvalue weighted by molar-refractivity contribution is 0.126. The van der Waals surface area contributed by atoms with Crippen LogP contribution in [0.4, 0.5) is 0 Å². The highest BCUT2D eigenvalue weighted by atomic mass is 32.2. The molecule has 108 valence electrons. The van der Waals surface area contributed by atoms with E-state index in [0.717, 1.165) is 0 Å². The Morgan fingerprint density at radius 3 is 2.83 bits per heavy atom. The third-order valence-electron chi connectivity index (χ3n) is 3.06. The molecule has 1 heterocycles. The molecule has 1 fully saturated rings. The fraction of sp³-hybridized carbons (Fsp3) is 1.00. The van der Waals surface area contributed by atoms with E-state index in [1.807, 2.05) is 0 Å². The fourth-order valence-electron chi connectivity index (χ4n) is 2.08. The van der Waals surface area contributed by atoms with Crippen LogP contribution < -0.4 is 5.32 Å². The van der Waals surface area contributed by atoms with Gasteiger partial charge in [-0.2, -0.15) is 0 Å². The number of hydrogen-bond acceptors (Lipinski definition) is 6. The van der Waals surface area contributed by atoms with Crippen LogP contribution in [0.25, 0.3) is 0 Å². The Morgan fingerprint density at radius 1 is 1.56 bits per heavy atom. The number of aliphatic hydroxyl groups is 1. The van der Waals surface area contributed by atoms with Crippen molar-refractivity contribution >= 4 is 9.84 Å². The molecule has 2 N–H and O–H groups in total. The Labute approximate surface area is 109 Å². The van der Waals surface area contributed by atoms with Gasteiger partial charge in [0, 0.05) is 26.8 Å². The van der Waals surface area contributed by atoms with Crippen LogP contribution in [0.1, 0.15) is 13.3 Å². The van der Waals surface area contributed by atoms with E-state index in [1.54, 1.807) is 14.0 Å². The summed E-state index contributed by atoms with van der Waals surface area (Å²) >= 11 is 0. The summed E-state index contributed by atoms with van der Waals surface area (Å²) in [5.74, 6) is -0.217. The lowest BCUT2D eigenvalue weighted by Crippen LogP contribution is -2.39. The van der Waals surface area contributed by atoms with E-state index in [2.05, 4.69) is 5.32 Å². The van der Waals surface area contributed by atoms with Crippen LogP contribution in [-0.4, -0.2) is 70.1 Å². The van der Waals surface area contributed by atoms with Gasteiger partial charge in [-0.05, 0) is 13.3 Å². The van der Waals surface area contributed by atoms with Crippen molar-refractivity contribution in [1.29, 1.82) is 0 Å². The minimum atomic E-state index is -3.30. The van der Waals surface area contributed by atoms with E-state index < -0.39 is 21.2 Å². The molecule has 1 rings (SSSR count). The number of methoxy groups -OCH3 is 1. The Bertz CT molecular complexity index is 332. The predicted octanol–water partition coefficient (Wildman–Crippen LogP) is -0.824. The monoisotopic (exact) mass is 281 g/mol. The van der Waals surface area contributed by atoms with Gasteiger partial charge in [0.2, 0.25) is 0 Å². The first kappa shape index (κ1) is 15.8. The van der Waals surface area contributed by atoms with Crippen LogP contribution in [0.2, 0.25) is 0 Å². The maximum atomic E-state index is 12.1. The topological polar surface area (TPSA) is 84.9 Å². The SMILES string of the molecule is COCCNCC(O)CS(=O)(=O)C1CCOC1C. The maximum absolute atomic E-state index is 12.1. The lowest BCUT2D eigenvalue weighted by atomic mass is 10.3. The quantitative estimate of drug-likeness (QED) is 0.565. The summed E-state index contributed by atoms with van der Waals surface area (Å²) in [7, 11) is -1.71. The minimum absolute atomic E-state index is 0.217. The standard InChI is InChI=1S/C11H23NO5S/c1-9-11(3-5-17-9)18(14,15)8-10(13)7-12-4-6-16-2/h9-13H,3-8H2,1-2H3. The summed E-state index contributed by atoms with van der Waals surface area (Å²) in [4.78, 5) is 0. The molecule has 7 heteroatoms. The molecular formula is C11H23NO5S. The van der Waals surface area contributed by atoms with Crippen molar-refractivity contribution in [2.75, 3.05) is 39.2 Å². The van der Waals surface area contributed by atoms with Gasteiger partial charge in [0.05, 0.1) is 29.8 Å². The Hall–Kier alpha value is -0.210. The van der Waals surface area contributed by atoms with Gasteiger partial charge < -0.3 is 19.9 Å². The molecule has 3 unspecified atom stereocenters. The lowest BCUT2D eigenvalue weighted by Gasteiger charge is -2.18. The van der Waals surface area contributed by atoms with Gasteiger partial charge in [0.15, 0.2) is 9.84 Å². The normalized spacial score (nSPS) is 26.4. The van der Waals surface area contributed by atoms with Gasteiger partial charge in [0.1, 0.15) is 0 Å². The summed E-state index contributed by atoms with van der Waals surface area (Å²) in [6.07, 6.45) is -0.642. The molecule has 1 aliphatic rings. The smallest absolute Gasteiger partial charge is 0.158 e. The molecule has 3 atom stereocenters. The predicted molar refractivity (Wildman–Crippen MR) is 68.4 cm³/mol. The zero-order chi connectivity index (χ0) is 13.6. The van der Waals surface area contributed by atoms with Crippen molar-refractivity contribution in [1.82, 2.24) is 5.32 Å². The van der Waals surface area contributed by atoms with Gasteiger partial charge in [-0.25, -0.2) is 8.42 Å². The van der Waals surface area contributed by atoms with Crippen LogP contribution in [0.5, 0.6) is 0 Å². The Morgan fingerprint density at radius 2 is 2.28 bits per heavy atom. The molecule has 0 amide bonds. The van der Waals surface area contributed by atoms with Gasteiger partial charge in [0.25, 0.3) is 0 Å². The summed E-state index contributed by atoms with van der Waals surface area (Å²) in [6, 6.07) is 0. The summed E-state index contributed by atoms with van der Waals surface area (Å²) in [5, 5.41) is 12.2. The molecule has 18 heavy (non-hydrogen) atoms. The average Bonchev–Trinajstić information content (AvgIpc) is 2.71. The molecule has 0 saturated carbocycles. The van der Waals surface area contributed by atoms with E-state index in [1.165, 1.54) is 0 Å². The van der Waals surface area contributed by atoms with Crippen LogP contribution in [0.15, 0.2) is 0 Å². The van der Waals surface area contributed by atoms with Gasteiger partial charge >= 0.3 is 0 Å². The first-order chi connectivity index (χ1) is 8.47. The number of hydrogen-bond donors (Lipinski definition) is 2. The molecule has 0 radical (unpaired) electrons. The number of ether oxygens (including phenoxy) is 2. The van der Waals surface area contributed by atoms with Crippen molar-refractivity contribution in [2.45, 2.75) is 30.8 Å². The van der Waals surface area contributed by atoms with E-state index in [4.69, 9.17) is 9.47 Å². The van der Waals surface area contributed by atoms with Crippen molar-refractivity contribution < 1.29 is 23.0 Å². The maximum Gasteiger partial charge on any atom is 0.158 e. The number of nitrogens with one attached hydrogen (secondary N) is 1. The molecule has 0 aromatic heterocycles. The van der Waals surface area contributed by atoms with Crippen LogP contribution >= 0.6 is 0 Å². The third kappa shape index (κ3) is 4.81. The number of sulfone groups is 1. The number of aliphatic hydroxyl groups excluding tert-OH is 1. The molecule has 0 bridgehead atoms. The number of rotatable bonds is 8. The van der Waals surface area contributed by atoms with Crippen molar-refractivity contribution in [2.24, 2.45) is 0 Å². The largest absolute Gasteiger partial charge is 0.391 e. The highest BCUT2D eigenvalue weighted by Gasteiger charge is 2.36. The second-order valence-electron chi connectivity index (χ2n) is 4.58. The first-order valence-electron chi connectivity index (χ1n) is 6.18. The summed E-state index contributed by atoms with van der Waals surface area (Å²) in [6.45, 7) is 3.62. The second-order valence-corrected chi connectivity index (χ2v) is 6.85. The Balaban J connectivity index is 2.35. The molecule has 1 saturated heterocycles. The van der Waals surface area contributed by atoms with E-state index >= 15 is 0 Å². The van der Waals surface area contributed by atoms with Crippen molar-refractivity contribution in [3.63, 3.8) is 0 Å². The molecule has 0 aromatic carbocycles. The third-order valence-corrected chi connectivity index (χ3v) is 5.45. The van der Waals surface area contributed by atoms with E-state index in [-0.39, 0.29) is 18.4 Å². The molecular weight excluding hydrogens is 258 g/mol. The molecule has 0 aromatic rings. The Kier molecular flexibility index (Phi) is 6.51. The highest BCUT2D eigenvalue weighted by Crippen LogP contribution is 2.21. The highest BCUT2D eigenvalue weighted by molar-refractivity contribution is 7.92. The first-order valence-corrected chi connectivity index (χ1v) is 7.90. The summed E-state index contributed by atoms with van der Waals surface area (Å²) in [5.41, 5.74) is 0. The zero-order valence-corrected chi connectivity index (χ0v) is 11.8. The van der Waals surface area contributed by atoms with Gasteiger partial charge in [-0.3, -0.25) is 0 Å². The van der Waals surface area contributed by atoms with Gasteiger partial charge in [-0.1, -0.05) is 0 Å².